The monoisotopic (exact) mass is 242 g/mol. The molecule has 2 nitrogen and oxygen atoms in total. The first-order chi connectivity index (χ1) is 8.79. The second kappa shape index (κ2) is 6.53. The zero-order valence-electron chi connectivity index (χ0n) is 11.2. The molecule has 0 saturated heterocycles. The lowest BCUT2D eigenvalue weighted by molar-refractivity contribution is 0.509. The first-order valence-corrected chi connectivity index (χ1v) is 6.71. The van der Waals surface area contributed by atoms with Gasteiger partial charge >= 0.3 is 0 Å². The van der Waals surface area contributed by atoms with Gasteiger partial charge in [0, 0.05) is 19.1 Å². The van der Waals surface area contributed by atoms with Gasteiger partial charge in [-0.3, -0.25) is 0 Å². The Hall–Kier alpha value is -1.38. The Labute approximate surface area is 109 Å². The lowest BCUT2D eigenvalue weighted by Gasteiger charge is -2.14. The molecule has 0 radical (unpaired) electrons. The molecule has 2 aromatic rings. The van der Waals surface area contributed by atoms with Crippen molar-refractivity contribution < 1.29 is 0 Å². The van der Waals surface area contributed by atoms with E-state index in [4.69, 9.17) is 0 Å². The summed E-state index contributed by atoms with van der Waals surface area (Å²) in [5, 5.41) is 9.51. The Kier molecular flexibility index (Phi) is 4.73. The van der Waals surface area contributed by atoms with Crippen LogP contribution in [-0.4, -0.2) is 19.1 Å². The van der Waals surface area contributed by atoms with E-state index in [2.05, 4.69) is 66.9 Å². The van der Waals surface area contributed by atoms with E-state index in [1.807, 2.05) is 0 Å². The molecule has 1 atom stereocenters. The van der Waals surface area contributed by atoms with Crippen molar-refractivity contribution in [1.29, 1.82) is 0 Å². The Bertz CT molecular complexity index is 493. The molecule has 2 rings (SSSR count). The molecule has 0 heterocycles. The number of benzene rings is 2. The van der Waals surface area contributed by atoms with Crippen molar-refractivity contribution in [1.82, 2.24) is 10.6 Å². The third-order valence-electron chi connectivity index (χ3n) is 3.17. The average Bonchev–Trinajstić information content (AvgIpc) is 2.42. The van der Waals surface area contributed by atoms with E-state index in [0.29, 0.717) is 6.04 Å². The predicted octanol–water partition coefficient (Wildman–Crippen LogP) is 2.93. The highest BCUT2D eigenvalue weighted by Gasteiger charge is 2.01. The summed E-state index contributed by atoms with van der Waals surface area (Å²) in [5.74, 6) is 0. The van der Waals surface area contributed by atoms with Crippen molar-refractivity contribution in [2.75, 3.05) is 13.1 Å². The van der Waals surface area contributed by atoms with Gasteiger partial charge in [0.05, 0.1) is 0 Å². The predicted molar refractivity (Wildman–Crippen MR) is 78.8 cm³/mol. The third kappa shape index (κ3) is 3.56. The molecular weight excluding hydrogens is 220 g/mol. The minimum atomic E-state index is 0.497. The zero-order chi connectivity index (χ0) is 12.8. The van der Waals surface area contributed by atoms with Crippen LogP contribution < -0.4 is 10.6 Å². The normalized spacial score (nSPS) is 12.8. The highest BCUT2D eigenvalue weighted by Crippen LogP contribution is 2.15. The van der Waals surface area contributed by atoms with Gasteiger partial charge in [0.25, 0.3) is 0 Å². The van der Waals surface area contributed by atoms with Crippen LogP contribution in [0.2, 0.25) is 0 Å². The molecule has 1 unspecified atom stereocenters. The summed E-state index contributed by atoms with van der Waals surface area (Å²) in [6.07, 6.45) is 0. The lowest BCUT2D eigenvalue weighted by Crippen LogP contribution is -2.35. The maximum absolute atomic E-state index is 3.54. The zero-order valence-corrected chi connectivity index (χ0v) is 11.2. The number of hydrogen-bond donors (Lipinski definition) is 2. The van der Waals surface area contributed by atoms with Crippen molar-refractivity contribution in [2.24, 2.45) is 0 Å². The number of likely N-dealkylation sites (N-methyl/N-ethyl adjacent to an activating group) is 1. The maximum atomic E-state index is 3.54. The summed E-state index contributed by atoms with van der Waals surface area (Å²) >= 11 is 0. The summed E-state index contributed by atoms with van der Waals surface area (Å²) in [6.45, 7) is 7.32. The maximum Gasteiger partial charge on any atom is 0.0208 e. The average molecular weight is 242 g/mol. The molecule has 0 spiro atoms. The van der Waals surface area contributed by atoms with E-state index in [-0.39, 0.29) is 0 Å². The van der Waals surface area contributed by atoms with Crippen LogP contribution in [0.4, 0.5) is 0 Å². The Morgan fingerprint density at radius 1 is 1.06 bits per heavy atom. The van der Waals surface area contributed by atoms with Gasteiger partial charge in [-0.05, 0) is 35.9 Å². The van der Waals surface area contributed by atoms with Crippen molar-refractivity contribution in [2.45, 2.75) is 26.4 Å². The molecule has 18 heavy (non-hydrogen) atoms. The Morgan fingerprint density at radius 2 is 1.83 bits per heavy atom. The van der Waals surface area contributed by atoms with E-state index in [1.165, 1.54) is 16.3 Å². The Balaban J connectivity index is 1.95. The fourth-order valence-corrected chi connectivity index (χ4v) is 2.07. The van der Waals surface area contributed by atoms with Crippen LogP contribution in [0, 0.1) is 0 Å². The number of hydrogen-bond acceptors (Lipinski definition) is 2. The van der Waals surface area contributed by atoms with Crippen molar-refractivity contribution in [3.8, 4) is 0 Å². The number of rotatable bonds is 6. The van der Waals surface area contributed by atoms with Gasteiger partial charge in [-0.25, -0.2) is 0 Å². The smallest absolute Gasteiger partial charge is 0.0208 e. The standard InChI is InChI=1S/C16H22N2/c1-3-17-11-13(2)18-12-14-8-9-15-6-4-5-7-16(15)10-14/h4-10,13,17-18H,3,11-12H2,1-2H3. The minimum absolute atomic E-state index is 0.497. The summed E-state index contributed by atoms with van der Waals surface area (Å²) in [7, 11) is 0. The van der Waals surface area contributed by atoms with Crippen molar-refractivity contribution >= 4 is 10.8 Å². The molecule has 0 amide bonds. The number of nitrogens with one attached hydrogen (secondary N) is 2. The van der Waals surface area contributed by atoms with Crippen molar-refractivity contribution in [3.63, 3.8) is 0 Å². The Morgan fingerprint density at radius 3 is 2.61 bits per heavy atom. The van der Waals surface area contributed by atoms with Crippen LogP contribution in [0.5, 0.6) is 0 Å². The van der Waals surface area contributed by atoms with Gasteiger partial charge in [0.15, 0.2) is 0 Å². The van der Waals surface area contributed by atoms with Crippen LogP contribution in [0.3, 0.4) is 0 Å². The fraction of sp³-hybridized carbons (Fsp3) is 0.375. The summed E-state index contributed by atoms with van der Waals surface area (Å²) in [5.41, 5.74) is 1.34. The van der Waals surface area contributed by atoms with Gasteiger partial charge < -0.3 is 10.6 Å². The third-order valence-corrected chi connectivity index (χ3v) is 3.17. The fourth-order valence-electron chi connectivity index (χ4n) is 2.07. The van der Waals surface area contributed by atoms with E-state index < -0.39 is 0 Å². The molecule has 0 aromatic heterocycles. The van der Waals surface area contributed by atoms with Crippen LogP contribution >= 0.6 is 0 Å². The summed E-state index contributed by atoms with van der Waals surface area (Å²) in [6, 6.07) is 15.7. The molecule has 2 heteroatoms. The van der Waals surface area contributed by atoms with Crippen LogP contribution in [0.1, 0.15) is 19.4 Å². The van der Waals surface area contributed by atoms with E-state index in [1.54, 1.807) is 0 Å². The topological polar surface area (TPSA) is 24.1 Å². The van der Waals surface area contributed by atoms with Crippen molar-refractivity contribution in [3.05, 3.63) is 48.0 Å². The van der Waals surface area contributed by atoms with E-state index in [9.17, 15) is 0 Å². The van der Waals surface area contributed by atoms with Gasteiger partial charge in [-0.1, -0.05) is 43.3 Å². The molecule has 2 N–H and O–H groups in total. The molecule has 96 valence electrons. The first-order valence-electron chi connectivity index (χ1n) is 6.71. The molecular formula is C16H22N2. The van der Waals surface area contributed by atoms with Gasteiger partial charge in [0.2, 0.25) is 0 Å². The van der Waals surface area contributed by atoms with E-state index in [0.717, 1.165) is 19.6 Å². The van der Waals surface area contributed by atoms with Gasteiger partial charge in [0.1, 0.15) is 0 Å². The minimum Gasteiger partial charge on any atom is -0.315 e. The molecule has 0 aliphatic heterocycles. The summed E-state index contributed by atoms with van der Waals surface area (Å²) < 4.78 is 0. The van der Waals surface area contributed by atoms with Gasteiger partial charge in [-0.15, -0.1) is 0 Å². The largest absolute Gasteiger partial charge is 0.315 e. The number of fused-ring (bicyclic) bond motifs is 1. The highest BCUT2D eigenvalue weighted by molar-refractivity contribution is 5.82. The van der Waals surface area contributed by atoms with Crippen LogP contribution in [0.25, 0.3) is 10.8 Å². The first kappa shape index (κ1) is 13.1. The summed E-state index contributed by atoms with van der Waals surface area (Å²) in [4.78, 5) is 0. The second-order valence-corrected chi connectivity index (χ2v) is 4.77. The van der Waals surface area contributed by atoms with Gasteiger partial charge in [-0.2, -0.15) is 0 Å². The second-order valence-electron chi connectivity index (χ2n) is 4.77. The SMILES string of the molecule is CCNCC(C)NCc1ccc2ccccc2c1. The van der Waals surface area contributed by atoms with E-state index >= 15 is 0 Å². The highest BCUT2D eigenvalue weighted by atomic mass is 15.0. The van der Waals surface area contributed by atoms with Crippen LogP contribution in [0.15, 0.2) is 42.5 Å². The molecule has 0 aliphatic carbocycles. The molecule has 0 fully saturated rings. The molecule has 0 aliphatic rings. The molecule has 2 aromatic carbocycles. The molecule has 0 bridgehead atoms. The quantitative estimate of drug-likeness (QED) is 0.814. The molecule has 0 saturated carbocycles. The lowest BCUT2D eigenvalue weighted by atomic mass is 10.1. The van der Waals surface area contributed by atoms with Crippen LogP contribution in [-0.2, 0) is 6.54 Å².